The zero-order valence-electron chi connectivity index (χ0n) is 16.8. The molecule has 4 aromatic rings. The smallest absolute Gasteiger partial charge is 0.222 e. The number of para-hydroxylation sites is 2. The molecule has 0 saturated carbocycles. The number of amides is 1. The first-order valence-corrected chi connectivity index (χ1v) is 11.3. The van der Waals surface area contributed by atoms with E-state index in [-0.39, 0.29) is 5.91 Å². The molecule has 3 heterocycles. The molecule has 0 unspecified atom stereocenters. The molecule has 5 rings (SSSR count). The zero-order valence-corrected chi connectivity index (χ0v) is 17.6. The van der Waals surface area contributed by atoms with Crippen LogP contribution in [0.4, 0.5) is 0 Å². The van der Waals surface area contributed by atoms with Gasteiger partial charge in [0.2, 0.25) is 5.91 Å². The number of benzene rings is 2. The van der Waals surface area contributed by atoms with Crippen LogP contribution in [0.15, 0.2) is 67.0 Å². The second-order valence-electron chi connectivity index (χ2n) is 7.83. The number of aromatic nitrogens is 3. The van der Waals surface area contributed by atoms with Crippen molar-refractivity contribution in [3.63, 3.8) is 0 Å². The molecule has 0 spiro atoms. The van der Waals surface area contributed by atoms with Crippen LogP contribution >= 0.6 is 11.3 Å². The number of likely N-dealkylation sites (tertiary alicyclic amines) is 1. The third-order valence-corrected chi connectivity index (χ3v) is 6.92. The molecule has 1 saturated heterocycles. The maximum Gasteiger partial charge on any atom is 0.222 e. The van der Waals surface area contributed by atoms with Gasteiger partial charge >= 0.3 is 0 Å². The summed E-state index contributed by atoms with van der Waals surface area (Å²) in [5.41, 5.74) is 3.19. The van der Waals surface area contributed by atoms with E-state index in [0.29, 0.717) is 18.8 Å². The summed E-state index contributed by atoms with van der Waals surface area (Å²) in [6.07, 6.45) is 7.26. The molecule has 1 atom stereocenters. The minimum absolute atomic E-state index is 0.230. The molecule has 1 fully saturated rings. The van der Waals surface area contributed by atoms with Gasteiger partial charge in [-0.15, -0.1) is 11.3 Å². The van der Waals surface area contributed by atoms with Gasteiger partial charge in [0.15, 0.2) is 0 Å². The lowest BCUT2D eigenvalue weighted by atomic mass is 9.98. The Kier molecular flexibility index (Phi) is 5.32. The van der Waals surface area contributed by atoms with Crippen LogP contribution in [0, 0.1) is 0 Å². The van der Waals surface area contributed by atoms with Crippen LogP contribution in [0.25, 0.3) is 15.9 Å². The van der Waals surface area contributed by atoms with Crippen molar-refractivity contribution in [3.05, 3.63) is 77.6 Å². The van der Waals surface area contributed by atoms with E-state index in [4.69, 9.17) is 4.98 Å². The summed E-state index contributed by atoms with van der Waals surface area (Å²) in [5.74, 6) is 0.578. The molecule has 0 radical (unpaired) electrons. The predicted octanol–water partition coefficient (Wildman–Crippen LogP) is 4.82. The minimum atomic E-state index is 0.230. The molecule has 1 amide bonds. The van der Waals surface area contributed by atoms with Crippen LogP contribution in [0.3, 0.4) is 0 Å². The Morgan fingerprint density at radius 2 is 1.93 bits per heavy atom. The number of carbonyl (C=O) groups excluding carboxylic acids is 1. The van der Waals surface area contributed by atoms with Crippen molar-refractivity contribution in [1.29, 1.82) is 0 Å². The quantitative estimate of drug-likeness (QED) is 0.469. The summed E-state index contributed by atoms with van der Waals surface area (Å²) < 4.78 is 3.09. The van der Waals surface area contributed by atoms with Crippen molar-refractivity contribution in [1.82, 2.24) is 19.7 Å². The fourth-order valence-electron chi connectivity index (χ4n) is 4.09. The predicted molar refractivity (Wildman–Crippen MR) is 120 cm³/mol. The van der Waals surface area contributed by atoms with E-state index in [1.807, 2.05) is 58.4 Å². The number of thiazole rings is 1. The highest BCUT2D eigenvalue weighted by Crippen LogP contribution is 2.33. The normalized spacial score (nSPS) is 16.8. The summed E-state index contributed by atoms with van der Waals surface area (Å²) in [5, 5.41) is 5.60. The molecule has 1 aliphatic heterocycles. The van der Waals surface area contributed by atoms with Gasteiger partial charge in [0.25, 0.3) is 0 Å². The number of hydrogen-bond donors (Lipinski definition) is 0. The van der Waals surface area contributed by atoms with Crippen LogP contribution in [0.5, 0.6) is 0 Å². The number of fused-ring (bicyclic) bond motifs is 1. The molecule has 0 N–H and O–H groups in total. The van der Waals surface area contributed by atoms with Gasteiger partial charge in [0.05, 0.1) is 27.1 Å². The summed E-state index contributed by atoms with van der Waals surface area (Å²) in [4.78, 5) is 19.7. The number of piperidine rings is 1. The number of aryl methyl sites for hydroxylation is 1. The lowest BCUT2D eigenvalue weighted by Gasteiger charge is -2.32. The second kappa shape index (κ2) is 8.40. The number of nitrogens with zero attached hydrogens (tertiary/aromatic N) is 4. The van der Waals surface area contributed by atoms with Gasteiger partial charge in [-0.1, -0.05) is 30.3 Å². The Hall–Kier alpha value is -2.99. The standard InChI is InChI=1S/C24H24N4OS/c29-23(13-12-18-15-25-28(16-18)20-8-2-1-3-9-20)27-14-6-7-19(17-27)24-26-21-10-4-5-11-22(21)30-24/h1-5,8-11,15-16,19H,6-7,12-14,17H2/t19-/m0/s1. The van der Waals surface area contributed by atoms with Gasteiger partial charge in [-0.05, 0) is 49.1 Å². The average molecular weight is 417 g/mol. The van der Waals surface area contributed by atoms with Gasteiger partial charge in [-0.2, -0.15) is 5.10 Å². The van der Waals surface area contributed by atoms with Crippen LogP contribution in [-0.2, 0) is 11.2 Å². The highest BCUT2D eigenvalue weighted by atomic mass is 32.1. The Balaban J connectivity index is 1.20. The lowest BCUT2D eigenvalue weighted by molar-refractivity contribution is -0.132. The number of rotatable bonds is 5. The van der Waals surface area contributed by atoms with E-state index >= 15 is 0 Å². The summed E-state index contributed by atoms with van der Waals surface area (Å²) in [6, 6.07) is 18.3. The first-order chi connectivity index (χ1) is 14.8. The maximum atomic E-state index is 12.9. The summed E-state index contributed by atoms with van der Waals surface area (Å²) >= 11 is 1.77. The summed E-state index contributed by atoms with van der Waals surface area (Å²) in [7, 11) is 0. The maximum absolute atomic E-state index is 12.9. The van der Waals surface area contributed by atoms with Gasteiger partial charge in [0.1, 0.15) is 0 Å². The first kappa shape index (κ1) is 19.0. The van der Waals surface area contributed by atoms with Crippen molar-refractivity contribution in [2.24, 2.45) is 0 Å². The van der Waals surface area contributed by atoms with Crippen molar-refractivity contribution >= 4 is 27.5 Å². The molecule has 1 aliphatic rings. The van der Waals surface area contributed by atoms with E-state index in [9.17, 15) is 4.79 Å². The molecule has 0 aliphatic carbocycles. The molecule has 152 valence electrons. The summed E-state index contributed by atoms with van der Waals surface area (Å²) in [6.45, 7) is 1.63. The van der Waals surface area contributed by atoms with Crippen molar-refractivity contribution in [2.75, 3.05) is 13.1 Å². The molecule has 0 bridgehead atoms. The Bertz CT molecular complexity index is 1120. The van der Waals surface area contributed by atoms with Gasteiger partial charge in [-0.25, -0.2) is 9.67 Å². The fourth-order valence-corrected chi connectivity index (χ4v) is 5.18. The highest BCUT2D eigenvalue weighted by molar-refractivity contribution is 7.18. The van der Waals surface area contributed by atoms with Crippen molar-refractivity contribution < 1.29 is 4.79 Å². The van der Waals surface area contributed by atoms with E-state index in [2.05, 4.69) is 23.3 Å². The Morgan fingerprint density at radius 1 is 1.10 bits per heavy atom. The fraction of sp³-hybridized carbons (Fsp3) is 0.292. The monoisotopic (exact) mass is 416 g/mol. The van der Waals surface area contributed by atoms with Crippen LogP contribution in [-0.4, -0.2) is 38.7 Å². The van der Waals surface area contributed by atoms with Gasteiger partial charge in [0, 0.05) is 31.6 Å². The van der Waals surface area contributed by atoms with Gasteiger partial charge < -0.3 is 4.90 Å². The van der Waals surface area contributed by atoms with Crippen molar-refractivity contribution in [2.45, 2.75) is 31.6 Å². The highest BCUT2D eigenvalue weighted by Gasteiger charge is 2.26. The largest absolute Gasteiger partial charge is 0.342 e. The minimum Gasteiger partial charge on any atom is -0.342 e. The molecular weight excluding hydrogens is 392 g/mol. The first-order valence-electron chi connectivity index (χ1n) is 10.5. The second-order valence-corrected chi connectivity index (χ2v) is 8.89. The average Bonchev–Trinajstić information content (AvgIpc) is 3.45. The lowest BCUT2D eigenvalue weighted by Crippen LogP contribution is -2.39. The molecule has 2 aromatic carbocycles. The SMILES string of the molecule is O=C(CCc1cnn(-c2ccccc2)c1)N1CCC[C@H](c2nc3ccccc3s2)C1. The molecule has 5 nitrogen and oxygen atoms in total. The Labute approximate surface area is 180 Å². The van der Waals surface area contributed by atoms with Crippen LogP contribution in [0.1, 0.15) is 35.8 Å². The van der Waals surface area contributed by atoms with E-state index < -0.39 is 0 Å². The van der Waals surface area contributed by atoms with Crippen LogP contribution in [0.2, 0.25) is 0 Å². The van der Waals surface area contributed by atoms with Gasteiger partial charge in [-0.3, -0.25) is 4.79 Å². The Morgan fingerprint density at radius 3 is 2.80 bits per heavy atom. The zero-order chi connectivity index (χ0) is 20.3. The third-order valence-electron chi connectivity index (χ3n) is 5.72. The topological polar surface area (TPSA) is 51.0 Å². The van der Waals surface area contributed by atoms with E-state index in [1.165, 1.54) is 4.70 Å². The number of hydrogen-bond acceptors (Lipinski definition) is 4. The van der Waals surface area contributed by atoms with Crippen LogP contribution < -0.4 is 0 Å². The third kappa shape index (κ3) is 4.00. The molecule has 2 aromatic heterocycles. The molecule has 30 heavy (non-hydrogen) atoms. The molecule has 6 heteroatoms. The van der Waals surface area contributed by atoms with E-state index in [1.54, 1.807) is 11.3 Å². The van der Waals surface area contributed by atoms with E-state index in [0.717, 1.165) is 47.7 Å². The number of carbonyl (C=O) groups is 1. The van der Waals surface area contributed by atoms with Crippen molar-refractivity contribution in [3.8, 4) is 5.69 Å². The molecular formula is C24H24N4OS.